The summed E-state index contributed by atoms with van der Waals surface area (Å²) in [5, 5.41) is 0. The molecule has 1 aliphatic rings. The van der Waals surface area contributed by atoms with Crippen LogP contribution in [0.2, 0.25) is 0 Å². The summed E-state index contributed by atoms with van der Waals surface area (Å²) in [6.07, 6.45) is 2.03. The quantitative estimate of drug-likeness (QED) is 0.872. The summed E-state index contributed by atoms with van der Waals surface area (Å²) >= 11 is 0. The molecule has 0 atom stereocenters. The van der Waals surface area contributed by atoms with Crippen LogP contribution >= 0.6 is 12.4 Å². The molecular weight excluding hydrogens is 276 g/mol. The van der Waals surface area contributed by atoms with Crippen molar-refractivity contribution in [2.45, 2.75) is 19.8 Å². The first-order chi connectivity index (χ1) is 9.11. The van der Waals surface area contributed by atoms with Crippen LogP contribution in [0, 0.1) is 12.8 Å². The van der Waals surface area contributed by atoms with Gasteiger partial charge in [0, 0.05) is 38.1 Å². The number of hydrogen-bond acceptors (Lipinski definition) is 3. The molecule has 0 spiro atoms. The molecule has 1 heterocycles. The number of carbonyl (C=O) groups is 1. The number of ether oxygens (including phenoxy) is 1. The first-order valence-electron chi connectivity index (χ1n) is 6.76. The molecular formula is C15H23ClN2O2. The minimum atomic E-state index is 0. The molecule has 0 radical (unpaired) electrons. The van der Waals surface area contributed by atoms with Crippen LogP contribution in [0.5, 0.6) is 0 Å². The van der Waals surface area contributed by atoms with Crippen molar-refractivity contribution in [1.82, 2.24) is 4.90 Å². The lowest BCUT2D eigenvalue weighted by Crippen LogP contribution is -2.39. The largest absolute Gasteiger partial charge is 0.399 e. The molecule has 4 nitrogen and oxygen atoms in total. The highest BCUT2D eigenvalue weighted by Crippen LogP contribution is 2.21. The van der Waals surface area contributed by atoms with Crippen LogP contribution < -0.4 is 5.73 Å². The maximum absolute atomic E-state index is 12.5. The van der Waals surface area contributed by atoms with Crippen LogP contribution in [0.4, 0.5) is 5.69 Å². The number of rotatable bonds is 3. The normalized spacial score (nSPS) is 15.8. The van der Waals surface area contributed by atoms with Crippen molar-refractivity contribution in [3.05, 3.63) is 29.3 Å². The smallest absolute Gasteiger partial charge is 0.254 e. The van der Waals surface area contributed by atoms with Crippen LogP contribution in [0.1, 0.15) is 28.8 Å². The predicted molar refractivity (Wildman–Crippen MR) is 83.3 cm³/mol. The summed E-state index contributed by atoms with van der Waals surface area (Å²) in [5.74, 6) is 0.677. The third kappa shape index (κ3) is 3.87. The number of carbonyl (C=O) groups excluding carboxylic acids is 1. The Morgan fingerprint density at radius 1 is 1.40 bits per heavy atom. The molecule has 20 heavy (non-hydrogen) atoms. The van der Waals surface area contributed by atoms with Gasteiger partial charge in [0.25, 0.3) is 5.91 Å². The number of nitrogens with zero attached hydrogens (tertiary/aromatic N) is 1. The monoisotopic (exact) mass is 298 g/mol. The molecule has 0 aliphatic carbocycles. The highest BCUT2D eigenvalue weighted by atomic mass is 35.5. The number of aryl methyl sites for hydroxylation is 1. The Balaban J connectivity index is 0.00000200. The van der Waals surface area contributed by atoms with Gasteiger partial charge < -0.3 is 15.4 Å². The van der Waals surface area contributed by atoms with Crippen molar-refractivity contribution < 1.29 is 9.53 Å². The van der Waals surface area contributed by atoms with Gasteiger partial charge in [0.05, 0.1) is 0 Å². The van der Waals surface area contributed by atoms with Crippen molar-refractivity contribution in [3.63, 3.8) is 0 Å². The number of likely N-dealkylation sites (tertiary alicyclic amines) is 1. The molecule has 1 fully saturated rings. The van der Waals surface area contributed by atoms with Crippen molar-refractivity contribution in [3.8, 4) is 0 Å². The van der Waals surface area contributed by atoms with E-state index in [1.807, 2.05) is 24.0 Å². The van der Waals surface area contributed by atoms with Gasteiger partial charge in [-0.1, -0.05) is 6.07 Å². The fraction of sp³-hybridized carbons (Fsp3) is 0.533. The second-order valence-electron chi connectivity index (χ2n) is 5.27. The Kier molecular flexibility index (Phi) is 6.30. The second-order valence-corrected chi connectivity index (χ2v) is 5.27. The second kappa shape index (κ2) is 7.50. The first kappa shape index (κ1) is 16.8. The zero-order chi connectivity index (χ0) is 13.8. The molecule has 0 unspecified atom stereocenters. The summed E-state index contributed by atoms with van der Waals surface area (Å²) in [7, 11) is 1.73. The van der Waals surface area contributed by atoms with Gasteiger partial charge in [-0.25, -0.2) is 0 Å². The number of benzene rings is 1. The maximum atomic E-state index is 12.5. The zero-order valence-corrected chi connectivity index (χ0v) is 12.9. The third-order valence-electron chi connectivity index (χ3n) is 3.80. The van der Waals surface area contributed by atoms with Crippen molar-refractivity contribution in [2.24, 2.45) is 5.92 Å². The first-order valence-corrected chi connectivity index (χ1v) is 6.76. The highest BCUT2D eigenvalue weighted by molar-refractivity contribution is 5.96. The van der Waals surface area contributed by atoms with E-state index in [-0.39, 0.29) is 18.3 Å². The van der Waals surface area contributed by atoms with E-state index in [1.165, 1.54) is 0 Å². The Morgan fingerprint density at radius 3 is 2.65 bits per heavy atom. The fourth-order valence-corrected chi connectivity index (χ4v) is 2.58. The Labute approximate surface area is 126 Å². The van der Waals surface area contributed by atoms with Crippen molar-refractivity contribution in [2.75, 3.05) is 32.5 Å². The van der Waals surface area contributed by atoms with E-state index in [4.69, 9.17) is 10.5 Å². The van der Waals surface area contributed by atoms with Gasteiger partial charge in [-0.15, -0.1) is 12.4 Å². The molecule has 0 aromatic heterocycles. The van der Waals surface area contributed by atoms with Crippen molar-refractivity contribution in [1.29, 1.82) is 0 Å². The predicted octanol–water partition coefficient (Wildman–Crippen LogP) is 2.50. The molecule has 1 saturated heterocycles. The van der Waals surface area contributed by atoms with E-state index < -0.39 is 0 Å². The Morgan fingerprint density at radius 2 is 2.05 bits per heavy atom. The molecule has 1 aromatic carbocycles. The standard InChI is InChI=1S/C15H22N2O2.ClH/c1-11-3-4-13(16)9-14(11)15(18)17-7-5-12(6-8-17)10-19-2;/h3-4,9,12H,5-8,10,16H2,1-2H3;1H. The average Bonchev–Trinajstić information content (AvgIpc) is 2.42. The number of methoxy groups -OCH3 is 1. The molecule has 1 aromatic rings. The van der Waals surface area contributed by atoms with E-state index in [0.29, 0.717) is 11.6 Å². The summed E-state index contributed by atoms with van der Waals surface area (Å²) < 4.78 is 5.18. The van der Waals surface area contributed by atoms with Crippen LogP contribution in [0.3, 0.4) is 0 Å². The number of anilines is 1. The molecule has 1 aliphatic heterocycles. The van der Waals surface area contributed by atoms with Gasteiger partial charge in [0.1, 0.15) is 0 Å². The number of halogens is 1. The summed E-state index contributed by atoms with van der Waals surface area (Å²) in [4.78, 5) is 14.4. The van der Waals surface area contributed by atoms with E-state index in [0.717, 1.165) is 43.7 Å². The average molecular weight is 299 g/mol. The molecule has 0 bridgehead atoms. The number of nitrogens with two attached hydrogens (primary N) is 1. The van der Waals surface area contributed by atoms with Gasteiger partial charge in [-0.2, -0.15) is 0 Å². The number of nitrogen functional groups attached to an aromatic ring is 1. The Hall–Kier alpha value is -1.26. The molecule has 0 saturated carbocycles. The fourth-order valence-electron chi connectivity index (χ4n) is 2.58. The van der Waals surface area contributed by atoms with Crippen LogP contribution in [0.25, 0.3) is 0 Å². The van der Waals surface area contributed by atoms with Crippen LogP contribution in [-0.4, -0.2) is 37.6 Å². The highest BCUT2D eigenvalue weighted by Gasteiger charge is 2.24. The summed E-state index contributed by atoms with van der Waals surface area (Å²) in [6.45, 7) is 4.35. The Bertz CT molecular complexity index is 457. The molecule has 1 amide bonds. The van der Waals surface area contributed by atoms with Gasteiger partial charge in [-0.3, -0.25) is 4.79 Å². The summed E-state index contributed by atoms with van der Waals surface area (Å²) in [6, 6.07) is 5.51. The van der Waals surface area contributed by atoms with E-state index in [9.17, 15) is 4.79 Å². The number of amides is 1. The zero-order valence-electron chi connectivity index (χ0n) is 12.1. The van der Waals surface area contributed by atoms with Gasteiger partial charge in [-0.05, 0) is 43.4 Å². The lowest BCUT2D eigenvalue weighted by Gasteiger charge is -2.32. The maximum Gasteiger partial charge on any atom is 0.254 e. The van der Waals surface area contributed by atoms with Gasteiger partial charge >= 0.3 is 0 Å². The van der Waals surface area contributed by atoms with Crippen molar-refractivity contribution >= 4 is 24.0 Å². The van der Waals surface area contributed by atoms with E-state index >= 15 is 0 Å². The van der Waals surface area contributed by atoms with E-state index in [2.05, 4.69) is 0 Å². The lowest BCUT2D eigenvalue weighted by molar-refractivity contribution is 0.0613. The topological polar surface area (TPSA) is 55.6 Å². The molecule has 2 N–H and O–H groups in total. The van der Waals surface area contributed by atoms with Crippen LogP contribution in [-0.2, 0) is 4.74 Å². The lowest BCUT2D eigenvalue weighted by atomic mass is 9.96. The van der Waals surface area contributed by atoms with Gasteiger partial charge in [0.15, 0.2) is 0 Å². The van der Waals surface area contributed by atoms with Gasteiger partial charge in [0.2, 0.25) is 0 Å². The third-order valence-corrected chi connectivity index (χ3v) is 3.80. The molecule has 5 heteroatoms. The van der Waals surface area contributed by atoms with Crippen LogP contribution in [0.15, 0.2) is 18.2 Å². The number of piperidine rings is 1. The molecule has 112 valence electrons. The van der Waals surface area contributed by atoms with E-state index in [1.54, 1.807) is 13.2 Å². The summed E-state index contributed by atoms with van der Waals surface area (Å²) in [5.41, 5.74) is 8.12. The minimum Gasteiger partial charge on any atom is -0.399 e. The number of hydrogen-bond donors (Lipinski definition) is 1. The SMILES string of the molecule is COCC1CCN(C(=O)c2cc(N)ccc2C)CC1.Cl. The molecule has 2 rings (SSSR count). The minimum absolute atomic E-state index is 0.